The Morgan fingerprint density at radius 3 is 2.82 bits per heavy atom. The number of amides is 1. The van der Waals surface area contributed by atoms with Crippen molar-refractivity contribution in [2.75, 3.05) is 11.1 Å². The van der Waals surface area contributed by atoms with Crippen molar-refractivity contribution in [3.63, 3.8) is 0 Å². The van der Waals surface area contributed by atoms with Gasteiger partial charge < -0.3 is 10.8 Å². The Labute approximate surface area is 95.5 Å². The Morgan fingerprint density at radius 2 is 2.18 bits per heavy atom. The molecule has 4 N–H and O–H groups in total. The fraction of sp³-hybridized carbons (Fsp3) is 0. The van der Waals surface area contributed by atoms with E-state index in [2.05, 4.69) is 10.4 Å². The SMILES string of the molecule is Nc1nn(-c2ccccc2F)cc1NC(=O)O. The van der Waals surface area contributed by atoms with E-state index in [1.165, 1.54) is 23.0 Å². The lowest BCUT2D eigenvalue weighted by Crippen LogP contribution is -2.07. The van der Waals surface area contributed by atoms with Gasteiger partial charge >= 0.3 is 6.09 Å². The molecule has 0 aliphatic carbocycles. The number of para-hydroxylation sites is 1. The number of carbonyl (C=O) groups is 1. The number of carboxylic acid groups (broad SMARTS) is 1. The van der Waals surface area contributed by atoms with Crippen molar-refractivity contribution >= 4 is 17.6 Å². The van der Waals surface area contributed by atoms with Gasteiger partial charge in [-0.05, 0) is 12.1 Å². The van der Waals surface area contributed by atoms with Crippen LogP contribution in [-0.2, 0) is 0 Å². The molecule has 0 aliphatic rings. The maximum Gasteiger partial charge on any atom is 0.409 e. The highest BCUT2D eigenvalue weighted by molar-refractivity contribution is 5.86. The molecule has 6 nitrogen and oxygen atoms in total. The highest BCUT2D eigenvalue weighted by atomic mass is 19.1. The minimum atomic E-state index is -1.26. The van der Waals surface area contributed by atoms with Crippen molar-refractivity contribution < 1.29 is 14.3 Å². The molecule has 2 rings (SSSR count). The molecule has 0 radical (unpaired) electrons. The van der Waals surface area contributed by atoms with E-state index in [4.69, 9.17) is 10.8 Å². The molecule has 0 fully saturated rings. The van der Waals surface area contributed by atoms with E-state index in [0.29, 0.717) is 0 Å². The van der Waals surface area contributed by atoms with Gasteiger partial charge in [-0.25, -0.2) is 13.9 Å². The summed E-state index contributed by atoms with van der Waals surface area (Å²) in [5.74, 6) is -0.493. The Kier molecular flexibility index (Phi) is 2.65. The molecule has 0 saturated carbocycles. The van der Waals surface area contributed by atoms with Crippen LogP contribution in [0, 0.1) is 5.82 Å². The van der Waals surface area contributed by atoms with Gasteiger partial charge in [-0.15, -0.1) is 5.10 Å². The van der Waals surface area contributed by atoms with Gasteiger partial charge in [0.15, 0.2) is 5.82 Å². The highest BCUT2D eigenvalue weighted by Crippen LogP contribution is 2.20. The maximum absolute atomic E-state index is 13.4. The molecule has 2 aromatic rings. The number of benzene rings is 1. The molecule has 1 aromatic heterocycles. The summed E-state index contributed by atoms with van der Waals surface area (Å²) >= 11 is 0. The van der Waals surface area contributed by atoms with Gasteiger partial charge in [0.2, 0.25) is 0 Å². The number of nitrogens with zero attached hydrogens (tertiary/aromatic N) is 2. The summed E-state index contributed by atoms with van der Waals surface area (Å²) in [6.45, 7) is 0. The first kappa shape index (κ1) is 10.9. The molecule has 0 unspecified atom stereocenters. The van der Waals surface area contributed by atoms with Crippen molar-refractivity contribution in [2.45, 2.75) is 0 Å². The zero-order chi connectivity index (χ0) is 12.4. The first-order valence-corrected chi connectivity index (χ1v) is 4.68. The second-order valence-electron chi connectivity index (χ2n) is 3.25. The van der Waals surface area contributed by atoms with E-state index >= 15 is 0 Å². The highest BCUT2D eigenvalue weighted by Gasteiger charge is 2.11. The molecule has 0 spiro atoms. The van der Waals surface area contributed by atoms with Crippen LogP contribution in [0.1, 0.15) is 0 Å². The smallest absolute Gasteiger partial charge is 0.409 e. The Morgan fingerprint density at radius 1 is 1.47 bits per heavy atom. The zero-order valence-electron chi connectivity index (χ0n) is 8.59. The number of hydrogen-bond acceptors (Lipinski definition) is 3. The van der Waals surface area contributed by atoms with Crippen LogP contribution < -0.4 is 11.1 Å². The van der Waals surface area contributed by atoms with Crippen LogP contribution in [0.2, 0.25) is 0 Å². The van der Waals surface area contributed by atoms with Crippen LogP contribution in [0.15, 0.2) is 30.5 Å². The van der Waals surface area contributed by atoms with Gasteiger partial charge in [0.25, 0.3) is 0 Å². The molecule has 17 heavy (non-hydrogen) atoms. The second kappa shape index (κ2) is 4.12. The second-order valence-corrected chi connectivity index (χ2v) is 3.25. The normalized spacial score (nSPS) is 10.2. The summed E-state index contributed by atoms with van der Waals surface area (Å²) in [7, 11) is 0. The average molecular weight is 236 g/mol. The summed E-state index contributed by atoms with van der Waals surface area (Å²) in [6, 6.07) is 5.96. The first-order valence-electron chi connectivity index (χ1n) is 4.68. The fourth-order valence-corrected chi connectivity index (χ4v) is 1.36. The Balaban J connectivity index is 2.41. The number of nitrogen functional groups attached to an aromatic ring is 1. The van der Waals surface area contributed by atoms with Gasteiger partial charge in [-0.1, -0.05) is 12.1 Å². The molecule has 88 valence electrons. The minimum absolute atomic E-state index is 0.0179. The van der Waals surface area contributed by atoms with Gasteiger partial charge in [-0.2, -0.15) is 0 Å². The molecule has 0 bridgehead atoms. The van der Waals surface area contributed by atoms with Gasteiger partial charge in [0, 0.05) is 0 Å². The van der Waals surface area contributed by atoms with Gasteiger partial charge in [0.1, 0.15) is 17.2 Å². The van der Waals surface area contributed by atoms with Crippen LogP contribution in [0.5, 0.6) is 0 Å². The van der Waals surface area contributed by atoms with E-state index in [1.807, 2.05) is 0 Å². The lowest BCUT2D eigenvalue weighted by molar-refractivity contribution is 0.210. The summed E-state index contributed by atoms with van der Waals surface area (Å²) in [5, 5.41) is 14.4. The molecule has 0 atom stereocenters. The molecule has 1 aromatic carbocycles. The number of nitrogens with one attached hydrogen (secondary N) is 1. The van der Waals surface area contributed by atoms with Crippen LogP contribution in [0.25, 0.3) is 5.69 Å². The molecule has 1 heterocycles. The largest absolute Gasteiger partial charge is 0.465 e. The Bertz CT molecular complexity index is 567. The van der Waals surface area contributed by atoms with Gasteiger partial charge in [-0.3, -0.25) is 5.32 Å². The van der Waals surface area contributed by atoms with E-state index in [9.17, 15) is 9.18 Å². The van der Waals surface area contributed by atoms with Gasteiger partial charge in [0.05, 0.1) is 6.20 Å². The first-order chi connectivity index (χ1) is 8.08. The number of halogens is 1. The maximum atomic E-state index is 13.4. The van der Waals surface area contributed by atoms with Crippen molar-refractivity contribution in [1.29, 1.82) is 0 Å². The van der Waals surface area contributed by atoms with Crippen molar-refractivity contribution in [3.8, 4) is 5.69 Å². The van der Waals surface area contributed by atoms with Crippen molar-refractivity contribution in [2.24, 2.45) is 0 Å². The lowest BCUT2D eigenvalue weighted by atomic mass is 10.3. The van der Waals surface area contributed by atoms with E-state index in [0.717, 1.165) is 0 Å². The standard InChI is InChI=1S/C10H9FN4O2/c11-6-3-1-2-4-8(6)15-5-7(9(12)14-15)13-10(16)17/h1-5,13H,(H2,12,14)(H,16,17). The van der Waals surface area contributed by atoms with Crippen LogP contribution in [0.3, 0.4) is 0 Å². The topological polar surface area (TPSA) is 93.2 Å². The summed E-state index contributed by atoms with van der Waals surface area (Å²) < 4.78 is 14.6. The van der Waals surface area contributed by atoms with E-state index in [1.54, 1.807) is 12.1 Å². The van der Waals surface area contributed by atoms with Crippen LogP contribution in [-0.4, -0.2) is 21.0 Å². The number of anilines is 2. The molecular weight excluding hydrogens is 227 g/mol. The third-order valence-electron chi connectivity index (χ3n) is 2.08. The Hall–Kier alpha value is -2.57. The van der Waals surface area contributed by atoms with Crippen molar-refractivity contribution in [1.82, 2.24) is 9.78 Å². The molecule has 0 aliphatic heterocycles. The average Bonchev–Trinajstić information content (AvgIpc) is 2.60. The molecule has 7 heteroatoms. The quantitative estimate of drug-likeness (QED) is 0.739. The van der Waals surface area contributed by atoms with E-state index in [-0.39, 0.29) is 17.2 Å². The molecule has 0 saturated heterocycles. The number of rotatable bonds is 2. The minimum Gasteiger partial charge on any atom is -0.465 e. The monoisotopic (exact) mass is 236 g/mol. The summed E-state index contributed by atoms with van der Waals surface area (Å²) in [5.41, 5.74) is 5.80. The lowest BCUT2D eigenvalue weighted by Gasteiger charge is -2.01. The summed E-state index contributed by atoms with van der Waals surface area (Å²) in [4.78, 5) is 10.5. The number of nitrogens with two attached hydrogens (primary N) is 1. The zero-order valence-corrected chi connectivity index (χ0v) is 8.59. The number of hydrogen-bond donors (Lipinski definition) is 3. The number of aromatic nitrogens is 2. The van der Waals surface area contributed by atoms with Crippen LogP contribution >= 0.6 is 0 Å². The van der Waals surface area contributed by atoms with Crippen LogP contribution in [0.4, 0.5) is 20.7 Å². The third-order valence-corrected chi connectivity index (χ3v) is 2.08. The molecule has 1 amide bonds. The predicted octanol–water partition coefficient (Wildman–Crippen LogP) is 1.68. The van der Waals surface area contributed by atoms with Crippen molar-refractivity contribution in [3.05, 3.63) is 36.3 Å². The predicted molar refractivity (Wildman–Crippen MR) is 59.6 cm³/mol. The fourth-order valence-electron chi connectivity index (χ4n) is 1.36. The third kappa shape index (κ3) is 2.17. The van der Waals surface area contributed by atoms with E-state index < -0.39 is 11.9 Å². The summed E-state index contributed by atoms with van der Waals surface area (Å²) in [6.07, 6.45) is 0.0479. The molecular formula is C10H9FN4O2.